The lowest BCUT2D eigenvalue weighted by atomic mass is 9.81. The van der Waals surface area contributed by atoms with E-state index in [0.717, 1.165) is 31.2 Å². The number of hydrogen-bond donors (Lipinski definition) is 2. The van der Waals surface area contributed by atoms with Crippen molar-refractivity contribution in [1.29, 1.82) is 0 Å². The molecule has 2 aromatic carbocycles. The van der Waals surface area contributed by atoms with Crippen molar-refractivity contribution in [1.82, 2.24) is 10.0 Å². The highest BCUT2D eigenvalue weighted by molar-refractivity contribution is 7.89. The van der Waals surface area contributed by atoms with E-state index in [1.54, 1.807) is 24.3 Å². The molecule has 0 heterocycles. The summed E-state index contributed by atoms with van der Waals surface area (Å²) in [6, 6.07) is 13.5. The molecule has 0 unspecified atom stereocenters. The zero-order chi connectivity index (χ0) is 20.9. The largest absolute Gasteiger partial charge is 0.352 e. The van der Waals surface area contributed by atoms with Gasteiger partial charge in [-0.05, 0) is 73.6 Å². The van der Waals surface area contributed by atoms with Crippen LogP contribution < -0.4 is 10.0 Å². The van der Waals surface area contributed by atoms with Gasteiger partial charge in [0.2, 0.25) is 15.9 Å². The Balaban J connectivity index is 1.42. The molecule has 2 aromatic rings. The molecule has 1 aliphatic rings. The van der Waals surface area contributed by atoms with Crippen LogP contribution in [-0.2, 0) is 21.4 Å². The summed E-state index contributed by atoms with van der Waals surface area (Å²) in [4.78, 5) is 12.6. The van der Waals surface area contributed by atoms with Crippen molar-refractivity contribution >= 4 is 39.1 Å². The normalized spacial score (nSPS) is 19.7. The van der Waals surface area contributed by atoms with Crippen LogP contribution in [0.5, 0.6) is 0 Å². The molecule has 0 aliphatic heterocycles. The Morgan fingerprint density at radius 1 is 0.897 bits per heavy atom. The lowest BCUT2D eigenvalue weighted by Gasteiger charge is -2.28. The summed E-state index contributed by atoms with van der Waals surface area (Å²) in [6.45, 7) is 0.862. The van der Waals surface area contributed by atoms with Crippen molar-refractivity contribution in [2.75, 3.05) is 6.54 Å². The molecule has 156 valence electrons. The summed E-state index contributed by atoms with van der Waals surface area (Å²) in [5.74, 6) is 0.268. The summed E-state index contributed by atoms with van der Waals surface area (Å²) in [6.07, 6.45) is 3.17. The minimum Gasteiger partial charge on any atom is -0.352 e. The second-order valence-electron chi connectivity index (χ2n) is 7.37. The predicted molar refractivity (Wildman–Crippen MR) is 115 cm³/mol. The van der Waals surface area contributed by atoms with Crippen LogP contribution in [0.3, 0.4) is 0 Å². The van der Waals surface area contributed by atoms with Gasteiger partial charge in [0, 0.05) is 29.1 Å². The first-order chi connectivity index (χ1) is 13.8. The van der Waals surface area contributed by atoms with Gasteiger partial charge in [-0.15, -0.1) is 0 Å². The van der Waals surface area contributed by atoms with Crippen LogP contribution in [0.25, 0.3) is 0 Å². The maximum atomic E-state index is 12.4. The lowest BCUT2D eigenvalue weighted by Crippen LogP contribution is -2.36. The zero-order valence-corrected chi connectivity index (χ0v) is 18.2. The zero-order valence-electron chi connectivity index (χ0n) is 15.9. The molecule has 3 rings (SSSR count). The molecule has 1 fully saturated rings. The summed E-state index contributed by atoms with van der Waals surface area (Å²) in [5.41, 5.74) is 1.01. The smallest absolute Gasteiger partial charge is 0.240 e. The van der Waals surface area contributed by atoms with E-state index in [-0.39, 0.29) is 22.6 Å². The van der Waals surface area contributed by atoms with Gasteiger partial charge in [0.05, 0.1) is 4.90 Å². The third-order valence-electron chi connectivity index (χ3n) is 5.28. The van der Waals surface area contributed by atoms with Crippen molar-refractivity contribution in [3.05, 3.63) is 64.1 Å². The topological polar surface area (TPSA) is 75.3 Å². The van der Waals surface area contributed by atoms with Gasteiger partial charge in [-0.2, -0.15) is 0 Å². The second kappa shape index (κ2) is 9.94. The number of hydrogen-bond acceptors (Lipinski definition) is 3. The Bertz CT molecular complexity index is 923. The fourth-order valence-corrected chi connectivity index (χ4v) is 4.86. The van der Waals surface area contributed by atoms with Gasteiger partial charge in [-0.25, -0.2) is 13.1 Å². The number of nitrogens with one attached hydrogen (secondary N) is 2. The third-order valence-corrected chi connectivity index (χ3v) is 7.23. The van der Waals surface area contributed by atoms with Gasteiger partial charge in [0.15, 0.2) is 0 Å². The Labute approximate surface area is 181 Å². The molecule has 5 nitrogen and oxygen atoms in total. The molecule has 0 spiro atoms. The molecular weight excluding hydrogens is 431 g/mol. The van der Waals surface area contributed by atoms with Crippen LogP contribution in [0.4, 0.5) is 0 Å². The van der Waals surface area contributed by atoms with E-state index >= 15 is 0 Å². The van der Waals surface area contributed by atoms with Gasteiger partial charge >= 0.3 is 0 Å². The van der Waals surface area contributed by atoms with Crippen LogP contribution in [0.2, 0.25) is 10.0 Å². The first-order valence-corrected chi connectivity index (χ1v) is 11.8. The number of carbonyl (C=O) groups is 1. The molecule has 1 amide bonds. The quantitative estimate of drug-likeness (QED) is 0.650. The number of amides is 1. The van der Waals surface area contributed by atoms with Gasteiger partial charge in [0.1, 0.15) is 0 Å². The SMILES string of the molecule is O=C(NCc1ccc(Cl)cc1)C1CCC(CNS(=O)(=O)c2ccc(Cl)cc2)CC1. The average Bonchev–Trinajstić information content (AvgIpc) is 2.72. The van der Waals surface area contributed by atoms with Crippen molar-refractivity contribution in [2.45, 2.75) is 37.1 Å². The maximum Gasteiger partial charge on any atom is 0.240 e. The summed E-state index contributed by atoms with van der Waals surface area (Å²) >= 11 is 11.7. The summed E-state index contributed by atoms with van der Waals surface area (Å²) in [7, 11) is -3.55. The van der Waals surface area contributed by atoms with Gasteiger partial charge in [-0.3, -0.25) is 4.79 Å². The van der Waals surface area contributed by atoms with Crippen LogP contribution in [-0.4, -0.2) is 20.9 Å². The van der Waals surface area contributed by atoms with Crippen LogP contribution >= 0.6 is 23.2 Å². The van der Waals surface area contributed by atoms with Crippen molar-refractivity contribution in [2.24, 2.45) is 11.8 Å². The summed E-state index contributed by atoms with van der Waals surface area (Å²) < 4.78 is 27.4. The number of carbonyl (C=O) groups excluding carboxylic acids is 1. The minimum absolute atomic E-state index is 0.0218. The van der Waals surface area contributed by atoms with Crippen molar-refractivity contribution in [3.8, 4) is 0 Å². The fraction of sp³-hybridized carbons (Fsp3) is 0.381. The van der Waals surface area contributed by atoms with E-state index in [0.29, 0.717) is 23.1 Å². The van der Waals surface area contributed by atoms with Crippen molar-refractivity contribution in [3.63, 3.8) is 0 Å². The number of sulfonamides is 1. The number of halogens is 2. The van der Waals surface area contributed by atoms with Gasteiger partial charge < -0.3 is 5.32 Å². The summed E-state index contributed by atoms with van der Waals surface area (Å²) in [5, 5.41) is 4.15. The highest BCUT2D eigenvalue weighted by Gasteiger charge is 2.27. The molecule has 1 saturated carbocycles. The maximum absolute atomic E-state index is 12.4. The Morgan fingerprint density at radius 3 is 2.03 bits per heavy atom. The van der Waals surface area contributed by atoms with E-state index < -0.39 is 10.0 Å². The number of rotatable bonds is 7. The fourth-order valence-electron chi connectivity index (χ4n) is 3.49. The van der Waals surface area contributed by atoms with Gasteiger partial charge in [0.25, 0.3) is 0 Å². The Hall–Kier alpha value is -1.60. The molecular formula is C21H24Cl2N2O3S. The average molecular weight is 455 g/mol. The molecule has 8 heteroatoms. The van der Waals surface area contributed by atoms with Crippen molar-refractivity contribution < 1.29 is 13.2 Å². The predicted octanol–water partition coefficient (Wildman–Crippen LogP) is 4.39. The molecule has 0 radical (unpaired) electrons. The van der Waals surface area contributed by atoms with E-state index in [9.17, 15) is 13.2 Å². The second-order valence-corrected chi connectivity index (χ2v) is 10.0. The first-order valence-electron chi connectivity index (χ1n) is 9.61. The number of benzene rings is 2. The lowest BCUT2D eigenvalue weighted by molar-refractivity contribution is -0.126. The Kier molecular flexibility index (Phi) is 7.57. The molecule has 0 bridgehead atoms. The van der Waals surface area contributed by atoms with Crippen LogP contribution in [0, 0.1) is 11.8 Å². The van der Waals surface area contributed by atoms with E-state index in [4.69, 9.17) is 23.2 Å². The first kappa shape index (κ1) is 22.1. The molecule has 0 aromatic heterocycles. The van der Waals surface area contributed by atoms with Crippen LogP contribution in [0.1, 0.15) is 31.2 Å². The standard InChI is InChI=1S/C21H24Cl2N2O3S/c22-18-7-3-15(4-8-18)13-24-21(26)17-5-1-16(2-6-17)14-25-29(27,28)20-11-9-19(23)10-12-20/h3-4,7-12,16-17,25H,1-2,5-6,13-14H2,(H,24,26). The van der Waals surface area contributed by atoms with Crippen LogP contribution in [0.15, 0.2) is 53.4 Å². The molecule has 0 atom stereocenters. The highest BCUT2D eigenvalue weighted by atomic mass is 35.5. The molecule has 2 N–H and O–H groups in total. The van der Waals surface area contributed by atoms with E-state index in [1.165, 1.54) is 12.1 Å². The minimum atomic E-state index is -3.55. The molecule has 0 saturated heterocycles. The Morgan fingerprint density at radius 2 is 1.45 bits per heavy atom. The molecule has 29 heavy (non-hydrogen) atoms. The highest BCUT2D eigenvalue weighted by Crippen LogP contribution is 2.29. The van der Waals surface area contributed by atoms with E-state index in [1.807, 2.05) is 12.1 Å². The monoisotopic (exact) mass is 454 g/mol. The molecule has 1 aliphatic carbocycles. The van der Waals surface area contributed by atoms with Gasteiger partial charge in [-0.1, -0.05) is 35.3 Å². The third kappa shape index (κ3) is 6.44. The van der Waals surface area contributed by atoms with E-state index in [2.05, 4.69) is 10.0 Å².